The lowest BCUT2D eigenvalue weighted by atomic mass is 10.0. The van der Waals surface area contributed by atoms with Crippen molar-refractivity contribution in [1.29, 1.82) is 0 Å². The Balaban J connectivity index is 1.29. The van der Waals surface area contributed by atoms with Crippen LogP contribution in [0.5, 0.6) is 11.5 Å². The zero-order chi connectivity index (χ0) is 36.5. The van der Waals surface area contributed by atoms with Crippen molar-refractivity contribution in [3.8, 4) is 11.5 Å². The first kappa shape index (κ1) is 36.6. The number of amides is 3. The Bertz CT molecular complexity index is 1810. The van der Waals surface area contributed by atoms with Crippen LogP contribution in [0.2, 0.25) is 5.02 Å². The number of nitrogens with two attached hydrogens (primary N) is 1. The van der Waals surface area contributed by atoms with Crippen molar-refractivity contribution in [2.75, 3.05) is 44.2 Å². The van der Waals surface area contributed by atoms with E-state index in [1.54, 1.807) is 0 Å². The van der Waals surface area contributed by atoms with Crippen LogP contribution in [-0.2, 0) is 24.0 Å². The third-order valence-corrected chi connectivity index (χ3v) is 10.8. The number of thioether (sulfide) groups is 1. The van der Waals surface area contributed by atoms with Gasteiger partial charge in [0.1, 0.15) is 23.7 Å². The second-order valence-electron chi connectivity index (χ2n) is 12.3. The molecule has 21 heteroatoms. The molecule has 0 saturated carbocycles. The Hall–Kier alpha value is -4.66. The number of nitrogen functional groups attached to an aromatic ring is 1. The molecule has 2 aromatic rings. The molecule has 0 aliphatic carbocycles. The van der Waals surface area contributed by atoms with E-state index in [2.05, 4.69) is 25.1 Å². The molecule has 0 spiro atoms. The van der Waals surface area contributed by atoms with Crippen molar-refractivity contribution >= 4 is 75.4 Å². The van der Waals surface area contributed by atoms with Gasteiger partial charge in [-0.25, -0.2) is 9.59 Å². The highest BCUT2D eigenvalue weighted by atomic mass is 35.5. The number of benzene rings is 1. The highest BCUT2D eigenvalue weighted by Crippen LogP contribution is 2.41. The van der Waals surface area contributed by atoms with E-state index < -0.39 is 63.9 Å². The summed E-state index contributed by atoms with van der Waals surface area (Å²) in [7, 11) is 0. The highest BCUT2D eigenvalue weighted by Gasteiger charge is 2.55. The number of phenols is 2. The quantitative estimate of drug-likeness (QED) is 0.0484. The lowest BCUT2D eigenvalue weighted by Crippen LogP contribution is -2.71. The van der Waals surface area contributed by atoms with Crippen molar-refractivity contribution in [3.05, 3.63) is 39.8 Å². The molecule has 0 bridgehead atoms. The Kier molecular flexibility index (Phi) is 10.5. The number of hydrogen-bond acceptors (Lipinski definition) is 14. The van der Waals surface area contributed by atoms with Gasteiger partial charge in [0.2, 0.25) is 17.1 Å². The number of carboxylic acid groups (broad SMARTS) is 2. The van der Waals surface area contributed by atoms with Crippen molar-refractivity contribution in [1.82, 2.24) is 24.9 Å². The van der Waals surface area contributed by atoms with Crippen LogP contribution in [0, 0.1) is 0 Å². The van der Waals surface area contributed by atoms with Crippen LogP contribution in [0.25, 0.3) is 0 Å². The second kappa shape index (κ2) is 14.3. The second-order valence-corrected chi connectivity index (χ2v) is 14.6. The van der Waals surface area contributed by atoms with Gasteiger partial charge in [-0.2, -0.15) is 9.36 Å². The number of aromatic nitrogens is 2. The number of quaternary nitrogens is 1. The lowest BCUT2D eigenvalue weighted by Gasteiger charge is -2.50. The minimum atomic E-state index is -1.82. The summed E-state index contributed by atoms with van der Waals surface area (Å²) in [6.07, 6.45) is 1.76. The van der Waals surface area contributed by atoms with Gasteiger partial charge in [0, 0.05) is 35.7 Å². The number of aliphatic carboxylic acids is 2. The molecule has 18 nitrogen and oxygen atoms in total. The van der Waals surface area contributed by atoms with Gasteiger partial charge in [0.15, 0.2) is 16.6 Å². The molecule has 3 aliphatic rings. The van der Waals surface area contributed by atoms with Crippen molar-refractivity contribution < 1.29 is 53.7 Å². The Morgan fingerprint density at radius 3 is 2.52 bits per heavy atom. The van der Waals surface area contributed by atoms with Gasteiger partial charge in [-0.3, -0.25) is 19.3 Å². The Morgan fingerprint density at radius 1 is 1.20 bits per heavy atom. The highest BCUT2D eigenvalue weighted by molar-refractivity contribution is 8.00. The third-order valence-electron chi connectivity index (χ3n) is 8.54. The summed E-state index contributed by atoms with van der Waals surface area (Å²) in [5.41, 5.74) is 3.66. The molecule has 2 saturated heterocycles. The maximum atomic E-state index is 13.4. The van der Waals surface area contributed by atoms with Crippen LogP contribution in [0.15, 0.2) is 28.6 Å². The van der Waals surface area contributed by atoms with Crippen LogP contribution < -0.4 is 16.4 Å². The number of carbonyl (C=O) groups excluding carboxylic acids is 3. The standard InChI is InChI=1S/C29H33ClN8O10S2/c1-29(2,27(46)47)48-35-17(21-34-28(31)50-36-21)23(42)33-18-24(43)37-19(26(44)45)13(12-49-25(18)37)11-38(8-3-4-9-38)10-7-32-22(41)14-5-6-15(39)20(40)16(14)30/h5-6,18,25H,3-4,7-12H2,1-2H3,(H7-,31,32,33,34,35,36,39,40,41,42,44,45,46,47)/p+1/t18-,25-/m1/s1. The predicted molar refractivity (Wildman–Crippen MR) is 179 cm³/mol. The summed E-state index contributed by atoms with van der Waals surface area (Å²) in [5, 5.41) is 47.1. The predicted octanol–water partition coefficient (Wildman–Crippen LogP) is 0.548. The minimum Gasteiger partial charge on any atom is -0.504 e. The topological polar surface area (TPSA) is 267 Å². The molecule has 1 aromatic heterocycles. The monoisotopic (exact) mass is 753 g/mol. The van der Waals surface area contributed by atoms with E-state index in [1.807, 2.05) is 0 Å². The largest absolute Gasteiger partial charge is 0.504 e. The third kappa shape index (κ3) is 7.28. The lowest BCUT2D eigenvalue weighted by molar-refractivity contribution is -0.911. The minimum absolute atomic E-state index is 0.00154. The SMILES string of the molecule is CC(C)(O/N=C(\C(=O)N[C@@H]1C(=O)N2C(C(=O)O)=C(C[N+]3(CCNC(=O)c4ccc(O)c(O)c4Cl)CCCC3)CS[C@H]12)c1nsc(N)n1)C(=O)O. The molecular weight excluding hydrogens is 720 g/mol. The number of halogens is 1. The number of fused-ring (bicyclic) bond motifs is 1. The van der Waals surface area contributed by atoms with Crippen LogP contribution in [0.3, 0.4) is 0 Å². The molecule has 5 rings (SSSR count). The summed E-state index contributed by atoms with van der Waals surface area (Å²) in [6, 6.07) is 1.30. The number of carbonyl (C=O) groups is 5. The van der Waals surface area contributed by atoms with Gasteiger partial charge in [0.25, 0.3) is 17.7 Å². The number of nitrogens with zero attached hydrogens (tertiary/aromatic N) is 5. The molecular formula is C29H34ClN8O10S2+. The van der Waals surface area contributed by atoms with E-state index >= 15 is 0 Å². The maximum absolute atomic E-state index is 13.4. The fourth-order valence-corrected chi connectivity index (χ4v) is 7.85. The van der Waals surface area contributed by atoms with Gasteiger partial charge >= 0.3 is 11.9 Å². The van der Waals surface area contributed by atoms with E-state index in [1.165, 1.54) is 31.7 Å². The fourth-order valence-electron chi connectivity index (χ4n) is 5.83. The summed E-state index contributed by atoms with van der Waals surface area (Å²) >= 11 is 8.06. The average molecular weight is 754 g/mol. The van der Waals surface area contributed by atoms with Crippen LogP contribution >= 0.6 is 34.9 Å². The fraction of sp³-hybridized carbons (Fsp3) is 0.448. The summed E-state index contributed by atoms with van der Waals surface area (Å²) in [4.78, 5) is 73.8. The molecule has 0 radical (unpaired) electrons. The maximum Gasteiger partial charge on any atom is 0.352 e. The number of phenolic OH excluding ortho intramolecular Hbond substituents is 2. The number of nitrogens with one attached hydrogen (secondary N) is 2. The summed E-state index contributed by atoms with van der Waals surface area (Å²) in [5.74, 6) is -5.90. The van der Waals surface area contributed by atoms with E-state index in [0.717, 1.165) is 35.3 Å². The van der Waals surface area contributed by atoms with Gasteiger partial charge < -0.3 is 46.1 Å². The zero-order valence-electron chi connectivity index (χ0n) is 26.7. The molecule has 4 heterocycles. The average Bonchev–Trinajstić information content (AvgIpc) is 3.71. The molecule has 2 fully saturated rings. The molecule has 50 heavy (non-hydrogen) atoms. The number of oxime groups is 1. The van der Waals surface area contributed by atoms with Gasteiger partial charge in [-0.15, -0.1) is 11.8 Å². The normalized spacial score (nSPS) is 20.2. The summed E-state index contributed by atoms with van der Waals surface area (Å²) < 4.78 is 4.41. The number of aromatic hydroxyl groups is 2. The molecule has 8 N–H and O–H groups in total. The number of likely N-dealkylation sites (tertiary alicyclic amines) is 1. The molecule has 2 atom stereocenters. The molecule has 0 unspecified atom stereocenters. The van der Waals surface area contributed by atoms with E-state index in [4.69, 9.17) is 22.2 Å². The number of carboxylic acids is 2. The van der Waals surface area contributed by atoms with E-state index in [-0.39, 0.29) is 39.5 Å². The van der Waals surface area contributed by atoms with Gasteiger partial charge in [-0.05, 0) is 26.0 Å². The van der Waals surface area contributed by atoms with Gasteiger partial charge in [0.05, 0.1) is 36.8 Å². The number of β-lactam (4-membered cyclic amide) rings is 1. The molecule has 3 amide bonds. The smallest absolute Gasteiger partial charge is 0.352 e. The van der Waals surface area contributed by atoms with Crippen LogP contribution in [0.1, 0.15) is 42.9 Å². The van der Waals surface area contributed by atoms with E-state index in [0.29, 0.717) is 36.2 Å². The van der Waals surface area contributed by atoms with E-state index in [9.17, 15) is 44.4 Å². The summed E-state index contributed by atoms with van der Waals surface area (Å²) in [6.45, 7) is 4.82. The first-order valence-corrected chi connectivity index (χ1v) is 17.4. The van der Waals surface area contributed by atoms with Crippen molar-refractivity contribution in [2.24, 2.45) is 5.16 Å². The van der Waals surface area contributed by atoms with Crippen LogP contribution in [-0.4, -0.2) is 130 Å². The first-order chi connectivity index (χ1) is 23.5. The molecule has 1 aromatic carbocycles. The van der Waals surface area contributed by atoms with Crippen molar-refractivity contribution in [3.63, 3.8) is 0 Å². The molecule has 268 valence electrons. The van der Waals surface area contributed by atoms with Crippen molar-refractivity contribution in [2.45, 2.75) is 43.7 Å². The number of anilines is 1. The molecule has 3 aliphatic heterocycles. The first-order valence-electron chi connectivity index (χ1n) is 15.2. The zero-order valence-corrected chi connectivity index (χ0v) is 29.1. The van der Waals surface area contributed by atoms with Gasteiger partial charge in [-0.1, -0.05) is 16.8 Å². The Labute approximate surface area is 297 Å². The Morgan fingerprint density at radius 2 is 1.90 bits per heavy atom. The van der Waals surface area contributed by atoms with Crippen LogP contribution in [0.4, 0.5) is 5.13 Å². The number of hydrogen-bond donors (Lipinski definition) is 7. The number of rotatable bonds is 13.